The van der Waals surface area contributed by atoms with Crippen LogP contribution in [0.1, 0.15) is 12.8 Å². The van der Waals surface area contributed by atoms with Gasteiger partial charge < -0.3 is 10.1 Å². The molecule has 28 heavy (non-hydrogen) atoms. The fourth-order valence-corrected chi connectivity index (χ4v) is 4.80. The Bertz CT molecular complexity index is 932. The van der Waals surface area contributed by atoms with Crippen molar-refractivity contribution in [1.82, 2.24) is 5.32 Å². The van der Waals surface area contributed by atoms with Gasteiger partial charge in [0.2, 0.25) is 5.91 Å². The van der Waals surface area contributed by atoms with Crippen molar-refractivity contribution in [1.29, 1.82) is 0 Å². The second-order valence-electron chi connectivity index (χ2n) is 6.36. The smallest absolute Gasteiger partial charge is 0.264 e. The molecule has 3 rings (SSSR count). The van der Waals surface area contributed by atoms with E-state index in [0.29, 0.717) is 18.2 Å². The highest BCUT2D eigenvalue weighted by Gasteiger charge is 2.29. The molecule has 150 valence electrons. The molecule has 0 aliphatic carbocycles. The largest absolute Gasteiger partial charge is 0.376 e. The minimum Gasteiger partial charge on any atom is -0.376 e. The molecular weight excluding hydrogens is 423 g/mol. The van der Waals surface area contributed by atoms with Gasteiger partial charge in [0.1, 0.15) is 6.54 Å². The maximum absolute atomic E-state index is 13.2. The predicted octanol–water partition coefficient (Wildman–Crippen LogP) is 3.48. The Labute approximate surface area is 174 Å². The molecule has 0 unspecified atom stereocenters. The molecule has 0 saturated carbocycles. The molecule has 2 aromatic rings. The summed E-state index contributed by atoms with van der Waals surface area (Å²) in [4.78, 5) is 12.6. The topological polar surface area (TPSA) is 75.7 Å². The fourth-order valence-electron chi connectivity index (χ4n) is 2.92. The van der Waals surface area contributed by atoms with E-state index in [1.807, 2.05) is 0 Å². The van der Waals surface area contributed by atoms with E-state index >= 15 is 0 Å². The van der Waals surface area contributed by atoms with E-state index in [1.54, 1.807) is 24.3 Å². The second kappa shape index (κ2) is 9.13. The molecule has 1 N–H and O–H groups in total. The maximum Gasteiger partial charge on any atom is 0.264 e. The standard InChI is InChI=1S/C19H20Cl2N2O4S/c20-14-8-9-17(21)18(11-14)23(28(25,26)16-6-2-1-3-7-16)13-19(24)22-12-15-5-4-10-27-15/h1-3,6-9,11,15H,4-5,10,12-13H2,(H,22,24)/t15-/m0/s1. The van der Waals surface area contributed by atoms with Crippen LogP contribution in [0.2, 0.25) is 10.0 Å². The normalized spacial score (nSPS) is 16.7. The van der Waals surface area contributed by atoms with Gasteiger partial charge in [-0.3, -0.25) is 9.10 Å². The van der Waals surface area contributed by atoms with Gasteiger partial charge in [-0.25, -0.2) is 8.42 Å². The van der Waals surface area contributed by atoms with Crippen LogP contribution in [-0.2, 0) is 19.6 Å². The highest BCUT2D eigenvalue weighted by Crippen LogP contribution is 2.32. The Morgan fingerprint density at radius 2 is 1.93 bits per heavy atom. The Hall–Kier alpha value is -1.80. The van der Waals surface area contributed by atoms with Crippen molar-refractivity contribution in [2.24, 2.45) is 0 Å². The van der Waals surface area contributed by atoms with Crippen LogP contribution < -0.4 is 9.62 Å². The van der Waals surface area contributed by atoms with E-state index in [-0.39, 0.29) is 21.7 Å². The van der Waals surface area contributed by atoms with Crippen LogP contribution >= 0.6 is 23.2 Å². The van der Waals surface area contributed by atoms with Crippen LogP contribution in [-0.4, -0.2) is 40.1 Å². The lowest BCUT2D eigenvalue weighted by Crippen LogP contribution is -2.43. The number of sulfonamides is 1. The first kappa shape index (κ1) is 20.9. The van der Waals surface area contributed by atoms with Crippen LogP contribution in [0.15, 0.2) is 53.4 Å². The van der Waals surface area contributed by atoms with Crippen LogP contribution in [0.25, 0.3) is 0 Å². The Morgan fingerprint density at radius 1 is 1.18 bits per heavy atom. The average molecular weight is 443 g/mol. The first-order valence-electron chi connectivity index (χ1n) is 8.79. The minimum atomic E-state index is -4.03. The molecule has 6 nitrogen and oxygen atoms in total. The van der Waals surface area contributed by atoms with Gasteiger partial charge in [0.15, 0.2) is 0 Å². The van der Waals surface area contributed by atoms with Gasteiger partial charge in [0, 0.05) is 18.2 Å². The van der Waals surface area contributed by atoms with Gasteiger partial charge in [0.05, 0.1) is 21.7 Å². The van der Waals surface area contributed by atoms with Crippen LogP contribution in [0.4, 0.5) is 5.69 Å². The molecule has 1 fully saturated rings. The molecule has 1 aliphatic heterocycles. The summed E-state index contributed by atoms with van der Waals surface area (Å²) in [5.74, 6) is -0.453. The Morgan fingerprint density at radius 3 is 2.61 bits per heavy atom. The van der Waals surface area contributed by atoms with Crippen molar-refractivity contribution >= 4 is 44.8 Å². The van der Waals surface area contributed by atoms with E-state index in [2.05, 4.69) is 5.32 Å². The number of hydrogen-bond donors (Lipinski definition) is 1. The summed E-state index contributed by atoms with van der Waals surface area (Å²) in [6, 6.07) is 12.3. The summed E-state index contributed by atoms with van der Waals surface area (Å²) in [5, 5.41) is 3.23. The van der Waals surface area contributed by atoms with E-state index in [0.717, 1.165) is 17.1 Å². The lowest BCUT2D eigenvalue weighted by molar-refractivity contribution is -0.120. The van der Waals surface area contributed by atoms with Gasteiger partial charge >= 0.3 is 0 Å². The molecule has 1 amide bonds. The number of anilines is 1. The predicted molar refractivity (Wildman–Crippen MR) is 109 cm³/mol. The number of nitrogens with one attached hydrogen (secondary N) is 1. The second-order valence-corrected chi connectivity index (χ2v) is 9.07. The van der Waals surface area contributed by atoms with Gasteiger partial charge in [-0.05, 0) is 43.2 Å². The molecule has 1 atom stereocenters. The zero-order valence-electron chi connectivity index (χ0n) is 15.0. The lowest BCUT2D eigenvalue weighted by Gasteiger charge is -2.25. The van der Waals surface area contributed by atoms with Crippen LogP contribution in [0.5, 0.6) is 0 Å². The SMILES string of the molecule is O=C(CN(c1cc(Cl)ccc1Cl)S(=O)(=O)c1ccccc1)NC[C@@H]1CCCO1. The van der Waals surface area contributed by atoms with Crippen LogP contribution in [0, 0.1) is 0 Å². The molecule has 0 spiro atoms. The highest BCUT2D eigenvalue weighted by atomic mass is 35.5. The summed E-state index contributed by atoms with van der Waals surface area (Å²) >= 11 is 12.3. The van der Waals surface area contributed by atoms with Crippen molar-refractivity contribution in [2.45, 2.75) is 23.8 Å². The summed E-state index contributed by atoms with van der Waals surface area (Å²) in [7, 11) is -4.03. The van der Waals surface area contributed by atoms with Gasteiger partial charge in [0.25, 0.3) is 10.0 Å². The summed E-state index contributed by atoms with van der Waals surface area (Å²) in [6.07, 6.45) is 1.78. The third-order valence-electron chi connectivity index (χ3n) is 4.35. The van der Waals surface area contributed by atoms with E-state index in [4.69, 9.17) is 27.9 Å². The molecule has 0 aromatic heterocycles. The molecule has 9 heteroatoms. The summed E-state index contributed by atoms with van der Waals surface area (Å²) in [5.41, 5.74) is 0.144. The van der Waals surface area contributed by atoms with Crippen molar-refractivity contribution in [3.63, 3.8) is 0 Å². The quantitative estimate of drug-likeness (QED) is 0.711. The van der Waals surface area contributed by atoms with Crippen molar-refractivity contribution in [2.75, 3.05) is 24.0 Å². The zero-order valence-corrected chi connectivity index (χ0v) is 17.3. The van der Waals surface area contributed by atoms with Gasteiger partial charge in [-0.2, -0.15) is 0 Å². The third-order valence-corrected chi connectivity index (χ3v) is 6.67. The van der Waals surface area contributed by atoms with Crippen LogP contribution in [0.3, 0.4) is 0 Å². The van der Waals surface area contributed by atoms with Crippen molar-refractivity contribution in [3.05, 3.63) is 58.6 Å². The van der Waals surface area contributed by atoms with Crippen molar-refractivity contribution < 1.29 is 17.9 Å². The number of hydrogen-bond acceptors (Lipinski definition) is 4. The van der Waals surface area contributed by atoms with E-state index in [1.165, 1.54) is 24.3 Å². The molecule has 0 radical (unpaired) electrons. The van der Waals surface area contributed by atoms with E-state index < -0.39 is 22.5 Å². The van der Waals surface area contributed by atoms with Crippen molar-refractivity contribution in [3.8, 4) is 0 Å². The summed E-state index contributed by atoms with van der Waals surface area (Å²) < 4.78 is 32.9. The fraction of sp³-hybridized carbons (Fsp3) is 0.316. The number of amides is 1. The number of nitrogens with zero attached hydrogens (tertiary/aromatic N) is 1. The highest BCUT2D eigenvalue weighted by molar-refractivity contribution is 7.92. The van der Waals surface area contributed by atoms with Gasteiger partial charge in [-0.15, -0.1) is 0 Å². The molecule has 1 heterocycles. The molecule has 1 aliphatic rings. The Balaban J connectivity index is 1.88. The van der Waals surface area contributed by atoms with E-state index in [9.17, 15) is 13.2 Å². The maximum atomic E-state index is 13.2. The number of rotatable bonds is 7. The molecule has 1 saturated heterocycles. The average Bonchev–Trinajstić information content (AvgIpc) is 3.21. The number of halogens is 2. The molecule has 0 bridgehead atoms. The number of carbonyl (C=O) groups is 1. The number of ether oxygens (including phenoxy) is 1. The minimum absolute atomic E-state index is 0.0436. The lowest BCUT2D eigenvalue weighted by atomic mass is 10.2. The summed E-state index contributed by atoms with van der Waals surface area (Å²) in [6.45, 7) is 0.582. The zero-order chi connectivity index (χ0) is 20.1. The third kappa shape index (κ3) is 4.97. The number of benzene rings is 2. The van der Waals surface area contributed by atoms with Gasteiger partial charge in [-0.1, -0.05) is 41.4 Å². The first-order chi connectivity index (χ1) is 13.4. The monoisotopic (exact) mass is 442 g/mol. The molecular formula is C19H20Cl2N2O4S. The Kier molecular flexibility index (Phi) is 6.82. The number of carbonyl (C=O) groups excluding carboxylic acids is 1. The first-order valence-corrected chi connectivity index (χ1v) is 11.0. The molecule has 2 aromatic carbocycles.